The number of nitrogens with zero attached hydrogens (tertiary/aromatic N) is 1. The van der Waals surface area contributed by atoms with E-state index in [0.29, 0.717) is 10.3 Å². The topological polar surface area (TPSA) is 51.2 Å². The minimum atomic E-state index is -0.510. The zero-order valence-electron chi connectivity index (χ0n) is 9.17. The fraction of sp³-hybridized carbons (Fsp3) is 0.400. The van der Waals surface area contributed by atoms with Gasteiger partial charge < -0.3 is 4.74 Å². The van der Waals surface area contributed by atoms with Crippen LogP contribution in [0.1, 0.15) is 20.8 Å². The van der Waals surface area contributed by atoms with Crippen LogP contribution >= 0.6 is 31.9 Å². The molecule has 1 aromatic rings. The number of aromatic nitrogens is 1. The molecule has 16 heavy (non-hydrogen) atoms. The molecule has 0 fully saturated rings. The van der Waals surface area contributed by atoms with Crippen molar-refractivity contribution in [2.45, 2.75) is 26.4 Å². The maximum atomic E-state index is 11.4. The normalized spacial score (nSPS) is 11.1. The molecule has 0 aliphatic heterocycles. The minimum absolute atomic E-state index is 0.497. The number of hydrogen-bond acceptors (Lipinski definition) is 3. The molecular formula is C10H12Br2N2O2. The van der Waals surface area contributed by atoms with Gasteiger partial charge in [0.25, 0.3) is 0 Å². The summed E-state index contributed by atoms with van der Waals surface area (Å²) in [6.45, 7) is 5.42. The second-order valence-corrected chi connectivity index (χ2v) is 5.73. The average molecular weight is 352 g/mol. The lowest BCUT2D eigenvalue weighted by Gasteiger charge is -2.19. The highest BCUT2D eigenvalue weighted by molar-refractivity contribution is 9.13. The van der Waals surface area contributed by atoms with E-state index in [1.165, 1.54) is 0 Å². The summed E-state index contributed by atoms with van der Waals surface area (Å²) in [4.78, 5) is 15.5. The van der Waals surface area contributed by atoms with Crippen LogP contribution in [0.25, 0.3) is 0 Å². The summed E-state index contributed by atoms with van der Waals surface area (Å²) < 4.78 is 6.55. The first kappa shape index (κ1) is 13.4. The maximum absolute atomic E-state index is 11.4. The van der Waals surface area contributed by atoms with Crippen LogP contribution in [0.5, 0.6) is 0 Å². The SMILES string of the molecule is CC(C)(C)OC(=O)Nc1cnc(Br)c(Br)c1. The Morgan fingerprint density at radius 2 is 2.06 bits per heavy atom. The molecule has 1 heterocycles. The van der Waals surface area contributed by atoms with E-state index in [2.05, 4.69) is 42.2 Å². The van der Waals surface area contributed by atoms with Crippen molar-refractivity contribution in [1.82, 2.24) is 4.98 Å². The lowest BCUT2D eigenvalue weighted by Crippen LogP contribution is -2.27. The zero-order valence-corrected chi connectivity index (χ0v) is 12.3. The van der Waals surface area contributed by atoms with Gasteiger partial charge in [-0.1, -0.05) is 0 Å². The molecular weight excluding hydrogens is 340 g/mol. The Hall–Kier alpha value is -0.620. The molecule has 0 aromatic carbocycles. The van der Waals surface area contributed by atoms with Crippen LogP contribution in [0, 0.1) is 0 Å². The first-order valence-electron chi connectivity index (χ1n) is 4.59. The molecule has 0 saturated carbocycles. The van der Waals surface area contributed by atoms with Crippen LogP contribution in [-0.4, -0.2) is 16.7 Å². The van der Waals surface area contributed by atoms with Crippen LogP contribution in [0.4, 0.5) is 10.5 Å². The van der Waals surface area contributed by atoms with Crippen LogP contribution in [0.3, 0.4) is 0 Å². The molecule has 1 N–H and O–H groups in total. The number of ether oxygens (including phenoxy) is 1. The molecule has 4 nitrogen and oxygen atoms in total. The van der Waals surface area contributed by atoms with E-state index in [-0.39, 0.29) is 0 Å². The number of hydrogen-bond donors (Lipinski definition) is 1. The fourth-order valence-corrected chi connectivity index (χ4v) is 1.48. The predicted molar refractivity (Wildman–Crippen MR) is 69.5 cm³/mol. The molecule has 0 radical (unpaired) electrons. The van der Waals surface area contributed by atoms with Gasteiger partial charge in [-0.25, -0.2) is 9.78 Å². The number of anilines is 1. The van der Waals surface area contributed by atoms with Gasteiger partial charge in [0, 0.05) is 0 Å². The van der Waals surface area contributed by atoms with Gasteiger partial charge in [-0.15, -0.1) is 0 Å². The number of carbonyl (C=O) groups excluding carboxylic acids is 1. The van der Waals surface area contributed by atoms with E-state index in [1.807, 2.05) is 20.8 Å². The van der Waals surface area contributed by atoms with E-state index in [0.717, 1.165) is 4.47 Å². The van der Waals surface area contributed by atoms with E-state index < -0.39 is 11.7 Å². The Labute approximate surface area is 111 Å². The van der Waals surface area contributed by atoms with Gasteiger partial charge in [0.1, 0.15) is 10.2 Å². The Bertz CT molecular complexity index is 402. The summed E-state index contributed by atoms with van der Waals surface area (Å²) >= 11 is 6.54. The van der Waals surface area contributed by atoms with E-state index in [9.17, 15) is 4.79 Å². The summed E-state index contributed by atoms with van der Waals surface area (Å²) in [7, 11) is 0. The summed E-state index contributed by atoms with van der Waals surface area (Å²) in [5.41, 5.74) is 0.0636. The molecule has 0 aliphatic rings. The average Bonchev–Trinajstić information content (AvgIpc) is 2.08. The Kier molecular flexibility index (Phi) is 4.32. The molecule has 0 atom stereocenters. The van der Waals surface area contributed by atoms with Crippen molar-refractivity contribution in [3.8, 4) is 0 Å². The lowest BCUT2D eigenvalue weighted by atomic mass is 10.2. The standard InChI is InChI=1S/C10H12Br2N2O2/c1-10(2,3)16-9(15)14-6-4-7(11)8(12)13-5-6/h4-5H,1-3H3,(H,14,15). The van der Waals surface area contributed by atoms with Crippen LogP contribution in [0.2, 0.25) is 0 Å². The summed E-state index contributed by atoms with van der Waals surface area (Å²) in [6.07, 6.45) is 1.04. The minimum Gasteiger partial charge on any atom is -0.444 e. The van der Waals surface area contributed by atoms with Gasteiger partial charge >= 0.3 is 6.09 Å². The Morgan fingerprint density at radius 3 is 2.56 bits per heavy atom. The second kappa shape index (κ2) is 5.14. The smallest absolute Gasteiger partial charge is 0.412 e. The number of halogens is 2. The number of rotatable bonds is 1. The van der Waals surface area contributed by atoms with Crippen molar-refractivity contribution >= 4 is 43.6 Å². The molecule has 1 rings (SSSR count). The van der Waals surface area contributed by atoms with Crippen molar-refractivity contribution in [2.75, 3.05) is 5.32 Å². The number of pyridine rings is 1. The third-order valence-electron chi connectivity index (χ3n) is 1.44. The largest absolute Gasteiger partial charge is 0.444 e. The first-order valence-corrected chi connectivity index (χ1v) is 6.17. The van der Waals surface area contributed by atoms with Gasteiger partial charge in [-0.05, 0) is 58.7 Å². The Balaban J connectivity index is 2.67. The van der Waals surface area contributed by atoms with Crippen LogP contribution < -0.4 is 5.32 Å². The van der Waals surface area contributed by atoms with Crippen LogP contribution in [-0.2, 0) is 4.74 Å². The molecule has 0 aliphatic carbocycles. The number of nitrogens with one attached hydrogen (secondary N) is 1. The van der Waals surface area contributed by atoms with Crippen LogP contribution in [0.15, 0.2) is 21.3 Å². The monoisotopic (exact) mass is 350 g/mol. The molecule has 1 amide bonds. The predicted octanol–water partition coefficient (Wildman–Crippen LogP) is 3.95. The van der Waals surface area contributed by atoms with Gasteiger partial charge in [0.2, 0.25) is 0 Å². The summed E-state index contributed by atoms with van der Waals surface area (Å²) in [5, 5.41) is 2.59. The first-order chi connectivity index (χ1) is 7.28. The molecule has 0 saturated heterocycles. The van der Waals surface area contributed by atoms with Crippen molar-refractivity contribution in [1.29, 1.82) is 0 Å². The maximum Gasteiger partial charge on any atom is 0.412 e. The second-order valence-electron chi connectivity index (χ2n) is 4.12. The third-order valence-corrected chi connectivity index (χ3v) is 3.21. The van der Waals surface area contributed by atoms with Gasteiger partial charge in [-0.3, -0.25) is 5.32 Å². The highest BCUT2D eigenvalue weighted by Gasteiger charge is 2.16. The quantitative estimate of drug-likeness (QED) is 0.779. The van der Waals surface area contributed by atoms with Crippen molar-refractivity contribution < 1.29 is 9.53 Å². The molecule has 1 aromatic heterocycles. The van der Waals surface area contributed by atoms with Crippen molar-refractivity contribution in [3.05, 3.63) is 21.3 Å². The number of amides is 1. The zero-order chi connectivity index (χ0) is 12.3. The summed E-state index contributed by atoms with van der Waals surface area (Å²) in [5.74, 6) is 0. The van der Waals surface area contributed by atoms with Gasteiger partial charge in [0.15, 0.2) is 0 Å². The number of carbonyl (C=O) groups is 1. The molecule has 6 heteroatoms. The van der Waals surface area contributed by atoms with Crippen molar-refractivity contribution in [2.24, 2.45) is 0 Å². The fourth-order valence-electron chi connectivity index (χ4n) is 0.911. The van der Waals surface area contributed by atoms with Crippen molar-refractivity contribution in [3.63, 3.8) is 0 Å². The Morgan fingerprint density at radius 1 is 1.44 bits per heavy atom. The third kappa shape index (κ3) is 4.49. The molecule has 88 valence electrons. The van der Waals surface area contributed by atoms with E-state index in [4.69, 9.17) is 4.74 Å². The lowest BCUT2D eigenvalue weighted by molar-refractivity contribution is 0.0636. The van der Waals surface area contributed by atoms with Gasteiger partial charge in [-0.2, -0.15) is 0 Å². The molecule has 0 bridgehead atoms. The summed E-state index contributed by atoms with van der Waals surface area (Å²) in [6, 6.07) is 1.74. The molecule has 0 unspecified atom stereocenters. The highest BCUT2D eigenvalue weighted by atomic mass is 79.9. The highest BCUT2D eigenvalue weighted by Crippen LogP contribution is 2.23. The van der Waals surface area contributed by atoms with E-state index in [1.54, 1.807) is 12.3 Å². The molecule has 0 spiro atoms. The van der Waals surface area contributed by atoms with E-state index >= 15 is 0 Å². The van der Waals surface area contributed by atoms with Gasteiger partial charge in [0.05, 0.1) is 16.4 Å².